The van der Waals surface area contributed by atoms with Crippen LogP contribution in [0.4, 0.5) is 0 Å². The quantitative estimate of drug-likeness (QED) is 0.0584. The van der Waals surface area contributed by atoms with Crippen molar-refractivity contribution in [3.8, 4) is 29.1 Å². The zero-order valence-corrected chi connectivity index (χ0v) is 30.1. The number of rotatable bonds is 30. The Morgan fingerprint density at radius 1 is 0.698 bits per heavy atom. The molecule has 4 aromatic rings. The molecule has 292 valence electrons. The van der Waals surface area contributed by atoms with Gasteiger partial charge in [-0.1, -0.05) is 0 Å². The Labute approximate surface area is 307 Å². The van der Waals surface area contributed by atoms with E-state index >= 15 is 0 Å². The highest BCUT2D eigenvalue weighted by atomic mass is 16.7. The lowest BCUT2D eigenvalue weighted by atomic mass is 10.3. The van der Waals surface area contributed by atoms with Crippen LogP contribution >= 0.6 is 0 Å². The lowest BCUT2D eigenvalue weighted by molar-refractivity contribution is -0.688. The van der Waals surface area contributed by atoms with Gasteiger partial charge in [0, 0.05) is 37.4 Å². The number of carbonyl (C=O) groups is 1. The smallest absolute Gasteiger partial charge is 0.335 e. The summed E-state index contributed by atoms with van der Waals surface area (Å²) < 4.78 is 58.0. The van der Waals surface area contributed by atoms with E-state index in [1.165, 1.54) is 12.1 Å². The van der Waals surface area contributed by atoms with Crippen LogP contribution in [0.5, 0.6) is 17.5 Å². The van der Waals surface area contributed by atoms with Crippen molar-refractivity contribution < 1.29 is 71.5 Å². The third kappa shape index (κ3) is 15.7. The first kappa shape index (κ1) is 41.4. The maximum atomic E-state index is 11.8. The molecule has 2 N–H and O–H groups in total. The molecule has 1 aromatic carbocycles. The van der Waals surface area contributed by atoms with E-state index in [0.717, 1.165) is 11.2 Å². The van der Waals surface area contributed by atoms with E-state index in [1.807, 2.05) is 47.2 Å². The van der Waals surface area contributed by atoms with E-state index in [9.17, 15) is 15.0 Å². The molecule has 0 unspecified atom stereocenters. The minimum absolute atomic E-state index is 0.0540. The van der Waals surface area contributed by atoms with Crippen LogP contribution in [-0.2, 0) is 49.2 Å². The average Bonchev–Trinajstić information content (AvgIpc) is 3.73. The van der Waals surface area contributed by atoms with Gasteiger partial charge in [0.2, 0.25) is 11.8 Å². The summed E-state index contributed by atoms with van der Waals surface area (Å²) in [5.41, 5.74) is 2.17. The van der Waals surface area contributed by atoms with Crippen LogP contribution in [0.2, 0.25) is 0 Å². The van der Waals surface area contributed by atoms with Gasteiger partial charge in [0.05, 0.1) is 98.9 Å². The first-order valence-corrected chi connectivity index (χ1v) is 17.4. The van der Waals surface area contributed by atoms with Gasteiger partial charge in [0.25, 0.3) is 11.6 Å². The van der Waals surface area contributed by atoms with Gasteiger partial charge in [0.1, 0.15) is 24.5 Å². The second-order valence-electron chi connectivity index (χ2n) is 11.1. The highest BCUT2D eigenvalue weighted by Crippen LogP contribution is 2.26. The number of benzene rings is 1. The van der Waals surface area contributed by atoms with Crippen molar-refractivity contribution in [1.82, 2.24) is 9.71 Å². The zero-order valence-electron chi connectivity index (χ0n) is 30.1. The van der Waals surface area contributed by atoms with Crippen molar-refractivity contribution in [1.29, 1.82) is 0 Å². The zero-order chi connectivity index (χ0) is 37.4. The van der Waals surface area contributed by atoms with Gasteiger partial charge in [-0.3, -0.25) is 0 Å². The van der Waals surface area contributed by atoms with Crippen LogP contribution in [0.3, 0.4) is 0 Å². The molecule has 0 saturated heterocycles. The van der Waals surface area contributed by atoms with Gasteiger partial charge >= 0.3 is 5.97 Å². The molecule has 0 fully saturated rings. The minimum atomic E-state index is -0.663. The monoisotopic (exact) mass is 748 g/mol. The summed E-state index contributed by atoms with van der Waals surface area (Å²) in [6.45, 7) is 7.37. The Morgan fingerprint density at radius 2 is 1.26 bits per heavy atom. The molecular formula is C36H50N3O14+. The third-order valence-corrected chi connectivity index (χ3v) is 7.23. The topological polar surface area (TPSA) is 185 Å². The van der Waals surface area contributed by atoms with E-state index < -0.39 is 5.97 Å². The molecule has 0 amide bonds. The first-order chi connectivity index (χ1) is 26.0. The molecule has 0 aliphatic carbocycles. The summed E-state index contributed by atoms with van der Waals surface area (Å²) >= 11 is 0. The number of nitrogens with zero attached hydrogens (tertiary/aromatic N) is 3. The van der Waals surface area contributed by atoms with Crippen LogP contribution in [0.25, 0.3) is 22.7 Å². The Kier molecular flexibility index (Phi) is 19.4. The van der Waals surface area contributed by atoms with E-state index in [0.29, 0.717) is 121 Å². The predicted octanol–water partition coefficient (Wildman–Crippen LogP) is 2.18. The predicted molar refractivity (Wildman–Crippen MR) is 187 cm³/mol. The lowest BCUT2D eigenvalue weighted by Crippen LogP contribution is -2.38. The van der Waals surface area contributed by atoms with Crippen molar-refractivity contribution in [2.75, 3.05) is 113 Å². The van der Waals surface area contributed by atoms with E-state index in [1.54, 1.807) is 7.11 Å². The van der Waals surface area contributed by atoms with Crippen LogP contribution in [-0.4, -0.2) is 139 Å². The summed E-state index contributed by atoms with van der Waals surface area (Å²) in [7, 11) is 1.64. The van der Waals surface area contributed by atoms with Gasteiger partial charge in [-0.15, -0.1) is 4.73 Å². The molecule has 0 atom stereocenters. The highest BCUT2D eigenvalue weighted by Gasteiger charge is 2.19. The molecule has 0 aliphatic rings. The van der Waals surface area contributed by atoms with Gasteiger partial charge in [-0.2, -0.15) is 4.57 Å². The average molecular weight is 749 g/mol. The van der Waals surface area contributed by atoms with Crippen molar-refractivity contribution in [3.63, 3.8) is 0 Å². The fraction of sp³-hybridized carbons (Fsp3) is 0.528. The van der Waals surface area contributed by atoms with Crippen LogP contribution in [0.1, 0.15) is 6.42 Å². The molecule has 53 heavy (non-hydrogen) atoms. The number of aromatic hydroxyl groups is 2. The molecule has 0 aliphatic heterocycles. The summed E-state index contributed by atoms with van der Waals surface area (Å²) in [4.78, 5) is 21.3. The van der Waals surface area contributed by atoms with Gasteiger partial charge in [0.15, 0.2) is 18.3 Å². The number of aromatic nitrogens is 3. The second-order valence-corrected chi connectivity index (χ2v) is 11.1. The molecular weight excluding hydrogens is 698 g/mol. The molecule has 0 saturated carbocycles. The van der Waals surface area contributed by atoms with Crippen LogP contribution in [0.15, 0.2) is 59.1 Å². The lowest BCUT2D eigenvalue weighted by Gasteiger charge is -2.08. The highest BCUT2D eigenvalue weighted by molar-refractivity contribution is 5.76. The number of ether oxygens (including phenoxy) is 9. The Morgan fingerprint density at radius 3 is 1.89 bits per heavy atom. The molecule has 0 spiro atoms. The summed E-state index contributed by atoms with van der Waals surface area (Å²) in [6.07, 6.45) is 1.90. The number of oxazole rings is 1. The summed E-state index contributed by atoms with van der Waals surface area (Å²) in [6, 6.07) is 13.8. The second kappa shape index (κ2) is 24.8. The number of hydrogen-bond acceptors (Lipinski definition) is 15. The number of hydrogen-bond donors (Lipinski definition) is 2. The van der Waals surface area contributed by atoms with Crippen molar-refractivity contribution in [3.05, 3.63) is 54.7 Å². The van der Waals surface area contributed by atoms with E-state index in [2.05, 4.69) is 4.98 Å². The largest absolute Gasteiger partial charge is 0.492 e. The fourth-order valence-electron chi connectivity index (χ4n) is 4.60. The molecule has 17 heteroatoms. The molecule has 3 aromatic heterocycles. The van der Waals surface area contributed by atoms with Crippen LogP contribution < -0.4 is 14.1 Å². The van der Waals surface area contributed by atoms with Crippen molar-refractivity contribution in [2.45, 2.75) is 13.0 Å². The SMILES string of the molecule is COCCOCCOCCOCCOc1ccc2nc(-c3cccc[n+]3CCOCCOCCOCCOCCC(=O)On3c(O)ccc3O)oc2c1. The Hall–Kier alpha value is -4.33. The number of carbonyl (C=O) groups excluding carboxylic acids is 1. The van der Waals surface area contributed by atoms with Crippen molar-refractivity contribution in [2.24, 2.45) is 0 Å². The summed E-state index contributed by atoms with van der Waals surface area (Å²) in [5.74, 6) is -0.264. The number of methoxy groups -OCH3 is 1. The summed E-state index contributed by atoms with van der Waals surface area (Å²) in [5, 5.41) is 19.0. The molecule has 0 bridgehead atoms. The molecule has 4 rings (SSSR count). The van der Waals surface area contributed by atoms with Crippen molar-refractivity contribution >= 4 is 17.1 Å². The number of pyridine rings is 1. The van der Waals surface area contributed by atoms with E-state index in [4.69, 9.17) is 51.9 Å². The van der Waals surface area contributed by atoms with Crippen LogP contribution in [0, 0.1) is 0 Å². The van der Waals surface area contributed by atoms with E-state index in [-0.39, 0.29) is 31.4 Å². The van der Waals surface area contributed by atoms with Gasteiger partial charge < -0.3 is 62.1 Å². The number of fused-ring (bicyclic) bond motifs is 1. The minimum Gasteiger partial charge on any atom is -0.492 e. The standard InChI is InChI=1S/C36H49N3O14/c1-43-14-15-46-20-21-49-24-25-50-26-27-51-29-5-6-30-32(28-29)52-36(37-30)31-4-2-3-10-38(31)11-13-45-17-19-48-23-22-47-18-16-44-12-9-35(42)53-39-33(40)7-8-34(39)41/h2-8,10,28,37H,9,11-27H2,1H3/p+1. The van der Waals surface area contributed by atoms with Gasteiger partial charge in [-0.25, -0.2) is 9.78 Å². The molecule has 3 heterocycles. The molecule has 0 radical (unpaired) electrons. The maximum Gasteiger partial charge on any atom is 0.335 e. The maximum absolute atomic E-state index is 11.8. The Bertz CT molecular complexity index is 1580. The van der Waals surface area contributed by atoms with Gasteiger partial charge in [-0.05, 0) is 18.2 Å². The molecule has 17 nitrogen and oxygen atoms in total. The normalized spacial score (nSPS) is 11.4. The first-order valence-electron chi connectivity index (χ1n) is 17.4. The Balaban J connectivity index is 1.01. The third-order valence-electron chi connectivity index (χ3n) is 7.23. The fourth-order valence-corrected chi connectivity index (χ4v) is 4.60.